The van der Waals surface area contributed by atoms with Gasteiger partial charge in [0.2, 0.25) is 0 Å². The van der Waals surface area contributed by atoms with Gasteiger partial charge in [-0.15, -0.1) is 0 Å². The number of carboxylic acids is 1. The van der Waals surface area contributed by atoms with Crippen molar-refractivity contribution in [2.75, 3.05) is 12.4 Å². The number of carbonyl (C=O) groups excluding carboxylic acids is 1. The predicted octanol–water partition coefficient (Wildman–Crippen LogP) is 4.84. The van der Waals surface area contributed by atoms with Crippen LogP contribution in [0.3, 0.4) is 0 Å². The second-order valence-corrected chi connectivity index (χ2v) is 10.8. The second-order valence-electron chi connectivity index (χ2n) is 9.76. The third kappa shape index (κ3) is 5.43. The number of fused-ring (bicyclic) bond motifs is 1. The predicted molar refractivity (Wildman–Crippen MR) is 163 cm³/mol. The van der Waals surface area contributed by atoms with Crippen molar-refractivity contribution in [2.24, 2.45) is 4.99 Å². The van der Waals surface area contributed by atoms with E-state index in [1.54, 1.807) is 62.6 Å². The maximum atomic E-state index is 14.0. The molecule has 0 saturated heterocycles. The van der Waals surface area contributed by atoms with Crippen molar-refractivity contribution in [1.82, 2.24) is 4.57 Å². The lowest BCUT2D eigenvalue weighted by Crippen LogP contribution is -2.40. The lowest BCUT2D eigenvalue weighted by atomic mass is 9.95. The summed E-state index contributed by atoms with van der Waals surface area (Å²) in [6.45, 7) is 1.76. The van der Waals surface area contributed by atoms with Crippen molar-refractivity contribution in [2.45, 2.75) is 13.0 Å². The molecule has 3 heterocycles. The molecule has 0 unspecified atom stereocenters. The Labute approximate surface area is 249 Å². The number of methoxy groups -OCH3 is 1. The van der Waals surface area contributed by atoms with Gasteiger partial charge < -0.3 is 19.6 Å². The van der Waals surface area contributed by atoms with E-state index in [0.717, 1.165) is 0 Å². The van der Waals surface area contributed by atoms with Crippen LogP contribution in [0.2, 0.25) is 0 Å². The molecule has 9 nitrogen and oxygen atoms in total. The number of hydrogen-bond donors (Lipinski definition) is 2. The number of rotatable bonds is 7. The Morgan fingerprint density at radius 2 is 1.79 bits per heavy atom. The first-order chi connectivity index (χ1) is 20.8. The molecule has 0 fully saturated rings. The molecule has 1 atom stereocenters. The zero-order valence-electron chi connectivity index (χ0n) is 23.1. The highest BCUT2D eigenvalue weighted by molar-refractivity contribution is 7.07. The minimum Gasteiger partial charge on any atom is -0.497 e. The highest BCUT2D eigenvalue weighted by Crippen LogP contribution is 2.32. The quantitative estimate of drug-likeness (QED) is 0.279. The van der Waals surface area contributed by atoms with Gasteiger partial charge >= 0.3 is 5.97 Å². The molecule has 0 spiro atoms. The molecule has 1 aliphatic rings. The SMILES string of the molecule is COc1cccc([C@@H]2C(C(=O)Nc3ccccc3)=C(C)N=c3s/c(=C\c4ccc(-c5ccc(C(=O)O)cc5)o4)c(=O)n32)c1. The lowest BCUT2D eigenvalue weighted by molar-refractivity contribution is -0.113. The molecule has 0 bridgehead atoms. The zero-order chi connectivity index (χ0) is 30.1. The third-order valence-electron chi connectivity index (χ3n) is 7.02. The van der Waals surface area contributed by atoms with E-state index < -0.39 is 12.0 Å². The summed E-state index contributed by atoms with van der Waals surface area (Å²) in [6.07, 6.45) is 1.64. The van der Waals surface area contributed by atoms with Gasteiger partial charge in [0.1, 0.15) is 17.3 Å². The first-order valence-corrected chi connectivity index (χ1v) is 14.1. The number of amides is 1. The molecule has 5 aromatic rings. The molecule has 2 N–H and O–H groups in total. The summed E-state index contributed by atoms with van der Waals surface area (Å²) in [5.74, 6) is 0.195. The van der Waals surface area contributed by atoms with Crippen molar-refractivity contribution in [3.05, 3.63) is 139 Å². The molecule has 43 heavy (non-hydrogen) atoms. The van der Waals surface area contributed by atoms with Crippen molar-refractivity contribution >= 4 is 35.0 Å². The number of carbonyl (C=O) groups is 2. The molecular formula is C33H25N3O6S. The van der Waals surface area contributed by atoms with E-state index in [1.807, 2.05) is 36.4 Å². The van der Waals surface area contributed by atoms with Crippen molar-refractivity contribution in [1.29, 1.82) is 0 Å². The molecule has 10 heteroatoms. The van der Waals surface area contributed by atoms with Crippen LogP contribution in [0.4, 0.5) is 5.69 Å². The fourth-order valence-electron chi connectivity index (χ4n) is 4.95. The summed E-state index contributed by atoms with van der Waals surface area (Å²) >= 11 is 1.20. The van der Waals surface area contributed by atoms with Gasteiger partial charge in [-0.05, 0) is 61.0 Å². The molecule has 3 aromatic carbocycles. The van der Waals surface area contributed by atoms with Gasteiger partial charge in [-0.3, -0.25) is 14.2 Å². The van der Waals surface area contributed by atoms with Crippen molar-refractivity contribution in [3.8, 4) is 17.1 Å². The summed E-state index contributed by atoms with van der Waals surface area (Å²) in [5, 5.41) is 12.1. The van der Waals surface area contributed by atoms with E-state index >= 15 is 0 Å². The Morgan fingerprint density at radius 1 is 1.02 bits per heavy atom. The minimum atomic E-state index is -1.01. The number of nitrogens with zero attached hydrogens (tertiary/aromatic N) is 2. The van der Waals surface area contributed by atoms with Crippen LogP contribution in [0.1, 0.15) is 34.6 Å². The molecule has 1 amide bonds. The van der Waals surface area contributed by atoms with Gasteiger partial charge in [-0.25, -0.2) is 9.79 Å². The largest absolute Gasteiger partial charge is 0.497 e. The molecule has 0 radical (unpaired) electrons. The molecular weight excluding hydrogens is 566 g/mol. The fourth-order valence-corrected chi connectivity index (χ4v) is 5.98. The summed E-state index contributed by atoms with van der Waals surface area (Å²) in [4.78, 5) is 44.0. The van der Waals surface area contributed by atoms with Gasteiger partial charge in [0.25, 0.3) is 11.5 Å². The normalized spacial score (nSPS) is 14.7. The Balaban J connectivity index is 1.43. The Kier molecular flexibility index (Phi) is 7.35. The van der Waals surface area contributed by atoms with Gasteiger partial charge in [0.15, 0.2) is 4.80 Å². The van der Waals surface area contributed by atoms with Crippen LogP contribution in [-0.2, 0) is 4.79 Å². The molecule has 1 aliphatic heterocycles. The third-order valence-corrected chi connectivity index (χ3v) is 8.01. The van der Waals surface area contributed by atoms with Gasteiger partial charge in [0, 0.05) is 17.3 Å². The number of anilines is 1. The molecule has 0 saturated carbocycles. The second kappa shape index (κ2) is 11.4. The van der Waals surface area contributed by atoms with Crippen LogP contribution < -0.4 is 24.9 Å². The summed E-state index contributed by atoms with van der Waals surface area (Å²) in [6, 6.07) is 25.5. The first kappa shape index (κ1) is 27.7. The zero-order valence-corrected chi connectivity index (χ0v) is 23.9. The first-order valence-electron chi connectivity index (χ1n) is 13.3. The number of para-hydroxylation sites is 1. The highest BCUT2D eigenvalue weighted by atomic mass is 32.1. The monoisotopic (exact) mass is 591 g/mol. The average molecular weight is 592 g/mol. The number of furan rings is 1. The van der Waals surface area contributed by atoms with E-state index in [1.165, 1.54) is 28.0 Å². The molecule has 2 aromatic heterocycles. The van der Waals surface area contributed by atoms with Crippen LogP contribution in [0.15, 0.2) is 116 Å². The van der Waals surface area contributed by atoms with E-state index in [9.17, 15) is 14.4 Å². The van der Waals surface area contributed by atoms with Gasteiger partial charge in [-0.1, -0.05) is 53.8 Å². The standard InChI is InChI=1S/C33H25N3O6S/c1-19-28(30(37)35-23-8-4-3-5-9-23)29(22-7-6-10-24(17-22)41-2)36-31(38)27(43-33(36)34-19)18-25-15-16-26(42-25)20-11-13-21(14-12-20)32(39)40/h3-18,29H,1-2H3,(H,35,37)(H,39,40)/b27-18-/t29-/m1/s1. The number of aromatic carboxylic acids is 1. The van der Waals surface area contributed by atoms with E-state index in [2.05, 4.69) is 10.3 Å². The van der Waals surface area contributed by atoms with E-state index in [0.29, 0.717) is 54.7 Å². The number of ether oxygens (including phenoxy) is 1. The number of thiazole rings is 1. The number of allylic oxidation sites excluding steroid dienone is 1. The minimum absolute atomic E-state index is 0.175. The van der Waals surface area contributed by atoms with Crippen LogP contribution in [0.5, 0.6) is 5.75 Å². The smallest absolute Gasteiger partial charge is 0.335 e. The Hall–Kier alpha value is -5.48. The number of benzene rings is 3. The number of aromatic nitrogens is 1. The number of carboxylic acid groups (broad SMARTS) is 1. The fraction of sp³-hybridized carbons (Fsp3) is 0.0909. The summed E-state index contributed by atoms with van der Waals surface area (Å²) < 4.78 is 13.3. The maximum absolute atomic E-state index is 14.0. The summed E-state index contributed by atoms with van der Waals surface area (Å²) in [7, 11) is 1.56. The van der Waals surface area contributed by atoms with Gasteiger partial charge in [0.05, 0.1) is 34.5 Å². The molecule has 0 aliphatic carbocycles. The topological polar surface area (TPSA) is 123 Å². The number of nitrogens with one attached hydrogen (secondary N) is 1. The van der Waals surface area contributed by atoms with Crippen molar-refractivity contribution in [3.63, 3.8) is 0 Å². The number of hydrogen-bond acceptors (Lipinski definition) is 7. The highest BCUT2D eigenvalue weighted by Gasteiger charge is 2.32. The maximum Gasteiger partial charge on any atom is 0.335 e. The van der Waals surface area contributed by atoms with Crippen LogP contribution in [0.25, 0.3) is 17.4 Å². The Bertz CT molecular complexity index is 2070. The Morgan fingerprint density at radius 3 is 2.51 bits per heavy atom. The molecule has 214 valence electrons. The van der Waals surface area contributed by atoms with Crippen LogP contribution in [-0.4, -0.2) is 28.7 Å². The molecule has 6 rings (SSSR count). The average Bonchev–Trinajstić information content (AvgIpc) is 3.61. The van der Waals surface area contributed by atoms with Gasteiger partial charge in [-0.2, -0.15) is 0 Å². The summed E-state index contributed by atoms with van der Waals surface area (Å²) in [5.41, 5.74) is 2.73. The van der Waals surface area contributed by atoms with Crippen LogP contribution >= 0.6 is 11.3 Å². The van der Waals surface area contributed by atoms with E-state index in [4.69, 9.17) is 14.3 Å². The lowest BCUT2D eigenvalue weighted by Gasteiger charge is -2.25. The van der Waals surface area contributed by atoms with Crippen molar-refractivity contribution < 1.29 is 23.8 Å². The van der Waals surface area contributed by atoms with Crippen LogP contribution in [0, 0.1) is 0 Å². The van der Waals surface area contributed by atoms with E-state index in [-0.39, 0.29) is 17.0 Å².